The van der Waals surface area contributed by atoms with Crippen molar-refractivity contribution in [2.45, 2.75) is 62.4 Å². The van der Waals surface area contributed by atoms with E-state index in [0.29, 0.717) is 15.7 Å². The summed E-state index contributed by atoms with van der Waals surface area (Å²) in [6, 6.07) is 6.19. The summed E-state index contributed by atoms with van der Waals surface area (Å²) in [5.41, 5.74) is 2.98. The smallest absolute Gasteiger partial charge is 0.115 e. The quantitative estimate of drug-likeness (QED) is 0.705. The number of benzene rings is 1. The predicted octanol–water partition coefficient (Wildman–Crippen LogP) is 6.06. The summed E-state index contributed by atoms with van der Waals surface area (Å²) >= 11 is 4.52. The number of hydrogen-bond acceptors (Lipinski definition) is 3. The van der Waals surface area contributed by atoms with Gasteiger partial charge in [-0.1, -0.05) is 32.8 Å². The Morgan fingerprint density at radius 3 is 2.79 bits per heavy atom. The topological polar surface area (TPSA) is 20.2 Å². The van der Waals surface area contributed by atoms with E-state index in [2.05, 4.69) is 43.4 Å². The molecule has 1 saturated heterocycles. The zero-order valence-corrected chi connectivity index (χ0v) is 16.6. The highest BCUT2D eigenvalue weighted by Gasteiger charge is 2.54. The van der Waals surface area contributed by atoms with Crippen molar-refractivity contribution in [2.75, 3.05) is 11.5 Å². The highest BCUT2D eigenvalue weighted by Crippen LogP contribution is 2.64. The highest BCUT2D eigenvalue weighted by atomic mass is 32.2. The van der Waals surface area contributed by atoms with Gasteiger partial charge >= 0.3 is 0 Å². The van der Waals surface area contributed by atoms with Crippen LogP contribution in [0.5, 0.6) is 5.75 Å². The van der Waals surface area contributed by atoms with Crippen LogP contribution in [0, 0.1) is 17.8 Å². The molecular weight excluding hydrogens is 332 g/mol. The van der Waals surface area contributed by atoms with Gasteiger partial charge in [0.15, 0.2) is 0 Å². The third kappa shape index (κ3) is 2.80. The van der Waals surface area contributed by atoms with E-state index in [1.165, 1.54) is 49.2 Å². The lowest BCUT2D eigenvalue weighted by Gasteiger charge is -2.53. The maximum absolute atomic E-state index is 9.89. The van der Waals surface area contributed by atoms with Crippen LogP contribution in [-0.4, -0.2) is 20.7 Å². The summed E-state index contributed by atoms with van der Waals surface area (Å²) in [4.78, 5) is 0. The molecule has 1 aliphatic heterocycles. The van der Waals surface area contributed by atoms with Crippen LogP contribution in [0.2, 0.25) is 0 Å². The fraction of sp³-hybridized carbons (Fsp3) is 0.714. The molecule has 1 nitrogen and oxygen atoms in total. The molecule has 4 atom stereocenters. The van der Waals surface area contributed by atoms with Gasteiger partial charge in [-0.2, -0.15) is 0 Å². The minimum absolute atomic E-state index is 0.443. The number of fused-ring (bicyclic) bond motifs is 3. The van der Waals surface area contributed by atoms with E-state index in [1.807, 2.05) is 12.1 Å². The van der Waals surface area contributed by atoms with E-state index >= 15 is 0 Å². The lowest BCUT2D eigenvalue weighted by atomic mass is 9.59. The Hall–Kier alpha value is -0.280. The van der Waals surface area contributed by atoms with Crippen LogP contribution in [0.25, 0.3) is 0 Å². The number of aryl methyl sites for hydroxylation is 1. The molecule has 2 aliphatic carbocycles. The molecule has 3 aliphatic rings. The molecule has 3 heteroatoms. The average Bonchev–Trinajstić information content (AvgIpc) is 3.04. The van der Waals surface area contributed by atoms with Gasteiger partial charge in [0.1, 0.15) is 5.75 Å². The standard InChI is InChI=1S/C21H30OS2/c1-3-4-5-17-14(2)21(23-10-11-24-21)13-20-18-9-7-16(22)12-15(18)6-8-19(17)20/h7,9,12,14,17,19-20,22H,3-6,8,10-11,13H2,1-2H3/t14-,17+,19+,20-/m1/s1. The molecule has 1 aromatic rings. The van der Waals surface area contributed by atoms with Crippen LogP contribution in [0.4, 0.5) is 0 Å². The van der Waals surface area contributed by atoms with E-state index in [9.17, 15) is 5.11 Å². The number of rotatable bonds is 3. The van der Waals surface area contributed by atoms with Crippen molar-refractivity contribution in [3.63, 3.8) is 0 Å². The number of phenolic OH excluding ortho intramolecular Hbond substituents is 1. The van der Waals surface area contributed by atoms with Gasteiger partial charge in [-0.05, 0) is 72.6 Å². The molecule has 0 bridgehead atoms. The number of phenols is 1. The van der Waals surface area contributed by atoms with Gasteiger partial charge < -0.3 is 5.11 Å². The average molecular weight is 363 g/mol. The van der Waals surface area contributed by atoms with E-state index in [1.54, 1.807) is 5.56 Å². The Balaban J connectivity index is 1.71. The lowest BCUT2D eigenvalue weighted by molar-refractivity contribution is 0.108. The van der Waals surface area contributed by atoms with Crippen molar-refractivity contribution in [1.29, 1.82) is 0 Å². The van der Waals surface area contributed by atoms with Crippen LogP contribution in [-0.2, 0) is 6.42 Å². The minimum atomic E-state index is 0.443. The Labute approximate surface area is 155 Å². The first-order chi connectivity index (χ1) is 11.6. The van der Waals surface area contributed by atoms with Crippen LogP contribution in [0.1, 0.15) is 63.0 Å². The van der Waals surface area contributed by atoms with Gasteiger partial charge in [0.05, 0.1) is 4.08 Å². The highest BCUT2D eigenvalue weighted by molar-refractivity contribution is 8.21. The summed E-state index contributed by atoms with van der Waals surface area (Å²) in [7, 11) is 0. The first kappa shape index (κ1) is 17.1. The molecule has 132 valence electrons. The summed E-state index contributed by atoms with van der Waals surface area (Å²) in [5, 5.41) is 9.89. The molecule has 0 aromatic heterocycles. The number of thioether (sulfide) groups is 2. The van der Waals surface area contributed by atoms with Crippen molar-refractivity contribution < 1.29 is 5.11 Å². The normalized spacial score (nSPS) is 34.1. The van der Waals surface area contributed by atoms with E-state index < -0.39 is 0 Å². The van der Waals surface area contributed by atoms with Crippen LogP contribution in [0.3, 0.4) is 0 Å². The second-order valence-electron chi connectivity index (χ2n) is 8.00. The second-order valence-corrected chi connectivity index (χ2v) is 11.1. The van der Waals surface area contributed by atoms with Gasteiger partial charge in [-0.15, -0.1) is 23.5 Å². The molecule has 1 N–H and O–H groups in total. The number of unbranched alkanes of at least 4 members (excludes halogenated alkanes) is 1. The van der Waals surface area contributed by atoms with Crippen molar-refractivity contribution in [3.05, 3.63) is 29.3 Å². The second kappa shape index (κ2) is 6.79. The number of hydrogen-bond donors (Lipinski definition) is 1. The summed E-state index contributed by atoms with van der Waals surface area (Å²) in [6.07, 6.45) is 7.94. The third-order valence-electron chi connectivity index (χ3n) is 6.85. The Kier molecular flexibility index (Phi) is 4.85. The molecule has 0 amide bonds. The zero-order chi connectivity index (χ0) is 16.7. The Bertz CT molecular complexity index is 594. The predicted molar refractivity (Wildman–Crippen MR) is 107 cm³/mol. The fourth-order valence-corrected chi connectivity index (χ4v) is 9.30. The van der Waals surface area contributed by atoms with E-state index in [0.717, 1.165) is 24.2 Å². The van der Waals surface area contributed by atoms with Crippen LogP contribution >= 0.6 is 23.5 Å². The van der Waals surface area contributed by atoms with E-state index in [-0.39, 0.29) is 0 Å². The maximum atomic E-state index is 9.89. The Morgan fingerprint density at radius 1 is 1.25 bits per heavy atom. The van der Waals surface area contributed by atoms with Gasteiger partial charge in [0.25, 0.3) is 0 Å². The van der Waals surface area contributed by atoms with Crippen LogP contribution < -0.4 is 0 Å². The van der Waals surface area contributed by atoms with Crippen molar-refractivity contribution in [2.24, 2.45) is 17.8 Å². The zero-order valence-electron chi connectivity index (χ0n) is 15.0. The summed E-state index contributed by atoms with van der Waals surface area (Å²) < 4.78 is 0.450. The molecular formula is C21H30OS2. The first-order valence-corrected chi connectivity index (χ1v) is 11.7. The molecule has 0 radical (unpaired) electrons. The van der Waals surface area contributed by atoms with Gasteiger partial charge in [0, 0.05) is 11.5 Å². The molecule has 24 heavy (non-hydrogen) atoms. The van der Waals surface area contributed by atoms with Crippen LogP contribution in [0.15, 0.2) is 18.2 Å². The molecule has 4 rings (SSSR count). The molecule has 1 saturated carbocycles. The molecule has 1 spiro atoms. The van der Waals surface area contributed by atoms with Crippen molar-refractivity contribution in [1.82, 2.24) is 0 Å². The SMILES string of the molecule is CCCC[C@@H]1[C@@H]2CCc3cc(O)ccc3[C@H]2CC2(SCCS2)[C@@H]1C. The van der Waals surface area contributed by atoms with Gasteiger partial charge in [0.2, 0.25) is 0 Å². The fourth-order valence-electron chi connectivity index (χ4n) is 5.64. The minimum Gasteiger partial charge on any atom is -0.508 e. The van der Waals surface area contributed by atoms with Crippen molar-refractivity contribution in [3.8, 4) is 5.75 Å². The van der Waals surface area contributed by atoms with Crippen molar-refractivity contribution >= 4 is 23.5 Å². The molecule has 2 fully saturated rings. The maximum Gasteiger partial charge on any atom is 0.115 e. The summed E-state index contributed by atoms with van der Waals surface area (Å²) in [5.74, 6) is 6.38. The molecule has 1 heterocycles. The monoisotopic (exact) mass is 362 g/mol. The van der Waals surface area contributed by atoms with Gasteiger partial charge in [-0.3, -0.25) is 0 Å². The molecule has 1 aromatic carbocycles. The Morgan fingerprint density at radius 2 is 2.04 bits per heavy atom. The first-order valence-electron chi connectivity index (χ1n) is 9.74. The molecule has 0 unspecified atom stereocenters. The summed E-state index contributed by atoms with van der Waals surface area (Å²) in [6.45, 7) is 4.90. The lowest BCUT2D eigenvalue weighted by Crippen LogP contribution is -2.46. The third-order valence-corrected chi connectivity index (χ3v) is 10.7. The van der Waals surface area contributed by atoms with E-state index in [4.69, 9.17) is 0 Å². The van der Waals surface area contributed by atoms with Gasteiger partial charge in [-0.25, -0.2) is 0 Å². The number of aromatic hydroxyl groups is 1. The largest absolute Gasteiger partial charge is 0.508 e.